The third-order valence-corrected chi connectivity index (χ3v) is 4.62. The number of hydrogen-bond donors (Lipinski definition) is 1. The SMILES string of the molecule is CN=C(NCc1noc(C)n1)N(C)Cc1ccc(N2CCCCC2)cc1. The molecule has 1 aliphatic heterocycles. The largest absolute Gasteiger partial charge is 0.372 e. The molecule has 1 aromatic carbocycles. The number of benzene rings is 1. The van der Waals surface area contributed by atoms with Crippen molar-refractivity contribution in [2.45, 2.75) is 39.3 Å². The van der Waals surface area contributed by atoms with Crippen molar-refractivity contribution in [2.75, 3.05) is 32.1 Å². The van der Waals surface area contributed by atoms with E-state index in [9.17, 15) is 0 Å². The molecule has 2 aromatic rings. The van der Waals surface area contributed by atoms with Gasteiger partial charge in [-0.1, -0.05) is 17.3 Å². The number of rotatable bonds is 5. The summed E-state index contributed by atoms with van der Waals surface area (Å²) in [6.07, 6.45) is 3.95. The third kappa shape index (κ3) is 4.74. The average Bonchev–Trinajstić information content (AvgIpc) is 3.09. The molecule has 7 nitrogen and oxygen atoms in total. The molecule has 0 amide bonds. The summed E-state index contributed by atoms with van der Waals surface area (Å²) in [5.41, 5.74) is 2.58. The van der Waals surface area contributed by atoms with E-state index < -0.39 is 0 Å². The highest BCUT2D eigenvalue weighted by molar-refractivity contribution is 5.79. The Balaban J connectivity index is 1.54. The highest BCUT2D eigenvalue weighted by Gasteiger charge is 2.12. The van der Waals surface area contributed by atoms with Crippen molar-refractivity contribution >= 4 is 11.6 Å². The van der Waals surface area contributed by atoms with Crippen molar-refractivity contribution in [2.24, 2.45) is 4.99 Å². The number of aromatic nitrogens is 2. The number of piperidine rings is 1. The number of nitrogens with one attached hydrogen (secondary N) is 1. The number of aliphatic imine (C=N–C) groups is 1. The van der Waals surface area contributed by atoms with Gasteiger partial charge in [0.2, 0.25) is 5.89 Å². The van der Waals surface area contributed by atoms with Crippen molar-refractivity contribution < 1.29 is 4.52 Å². The fourth-order valence-electron chi connectivity index (χ4n) is 3.27. The molecule has 0 spiro atoms. The first-order valence-electron chi connectivity index (χ1n) is 9.20. The normalized spacial score (nSPS) is 15.2. The summed E-state index contributed by atoms with van der Waals surface area (Å²) in [6, 6.07) is 8.87. The van der Waals surface area contributed by atoms with Crippen LogP contribution in [0.2, 0.25) is 0 Å². The Kier molecular flexibility index (Phi) is 6.09. The Labute approximate surface area is 155 Å². The maximum absolute atomic E-state index is 4.99. The second-order valence-electron chi connectivity index (χ2n) is 6.70. The fraction of sp³-hybridized carbons (Fsp3) is 0.526. The molecular weight excluding hydrogens is 328 g/mol. The van der Waals surface area contributed by atoms with E-state index in [-0.39, 0.29) is 0 Å². The predicted molar refractivity (Wildman–Crippen MR) is 103 cm³/mol. The van der Waals surface area contributed by atoms with Crippen molar-refractivity contribution in [1.82, 2.24) is 20.4 Å². The predicted octanol–water partition coefficient (Wildman–Crippen LogP) is 2.58. The quantitative estimate of drug-likeness (QED) is 0.656. The van der Waals surface area contributed by atoms with E-state index in [4.69, 9.17) is 4.52 Å². The van der Waals surface area contributed by atoms with Crippen LogP contribution in [-0.2, 0) is 13.1 Å². The lowest BCUT2D eigenvalue weighted by atomic mass is 10.1. The smallest absolute Gasteiger partial charge is 0.223 e. The molecule has 0 aliphatic carbocycles. The average molecular weight is 356 g/mol. The van der Waals surface area contributed by atoms with Crippen LogP contribution in [0.3, 0.4) is 0 Å². The van der Waals surface area contributed by atoms with Crippen LogP contribution in [0.15, 0.2) is 33.8 Å². The molecule has 140 valence electrons. The summed E-state index contributed by atoms with van der Waals surface area (Å²) >= 11 is 0. The van der Waals surface area contributed by atoms with Gasteiger partial charge in [0.25, 0.3) is 0 Å². The lowest BCUT2D eigenvalue weighted by molar-refractivity contribution is 0.386. The van der Waals surface area contributed by atoms with E-state index >= 15 is 0 Å². The number of hydrogen-bond acceptors (Lipinski definition) is 5. The lowest BCUT2D eigenvalue weighted by Gasteiger charge is -2.29. The van der Waals surface area contributed by atoms with Crippen LogP contribution in [0.5, 0.6) is 0 Å². The van der Waals surface area contributed by atoms with E-state index in [0.29, 0.717) is 18.3 Å². The molecule has 0 bridgehead atoms. The molecule has 7 heteroatoms. The molecule has 3 rings (SSSR count). The van der Waals surface area contributed by atoms with Gasteiger partial charge in [0.05, 0.1) is 6.54 Å². The molecule has 0 saturated carbocycles. The van der Waals surface area contributed by atoms with Crippen LogP contribution in [0.4, 0.5) is 5.69 Å². The Morgan fingerprint density at radius 3 is 2.58 bits per heavy atom. The van der Waals surface area contributed by atoms with Crippen molar-refractivity contribution in [3.05, 3.63) is 41.5 Å². The number of anilines is 1. The Morgan fingerprint density at radius 2 is 1.96 bits per heavy atom. The summed E-state index contributed by atoms with van der Waals surface area (Å²) in [7, 11) is 3.80. The van der Waals surface area contributed by atoms with Gasteiger partial charge in [0.1, 0.15) is 0 Å². The van der Waals surface area contributed by atoms with Gasteiger partial charge in [0, 0.05) is 46.3 Å². The molecule has 0 radical (unpaired) electrons. The second kappa shape index (κ2) is 8.69. The third-order valence-electron chi connectivity index (χ3n) is 4.62. The fourth-order valence-corrected chi connectivity index (χ4v) is 3.27. The van der Waals surface area contributed by atoms with Crippen LogP contribution >= 0.6 is 0 Å². The summed E-state index contributed by atoms with van der Waals surface area (Å²) in [5.74, 6) is 1.99. The van der Waals surface area contributed by atoms with E-state index in [1.54, 1.807) is 14.0 Å². The molecule has 1 aromatic heterocycles. The topological polar surface area (TPSA) is 69.8 Å². The minimum Gasteiger partial charge on any atom is -0.372 e. The van der Waals surface area contributed by atoms with E-state index in [0.717, 1.165) is 12.5 Å². The molecule has 0 unspecified atom stereocenters. The standard InChI is InChI=1S/C19H28N6O/c1-15-22-18(23-26-15)13-21-19(20-2)24(3)14-16-7-9-17(10-8-16)25-11-5-4-6-12-25/h7-10H,4-6,11-14H2,1-3H3,(H,20,21). The van der Waals surface area contributed by atoms with E-state index in [2.05, 4.69) is 54.5 Å². The summed E-state index contributed by atoms with van der Waals surface area (Å²) in [4.78, 5) is 13.1. The van der Waals surface area contributed by atoms with Gasteiger partial charge >= 0.3 is 0 Å². The van der Waals surface area contributed by atoms with E-state index in [1.807, 2.05) is 7.05 Å². The van der Waals surface area contributed by atoms with Gasteiger partial charge < -0.3 is 19.6 Å². The maximum Gasteiger partial charge on any atom is 0.223 e. The van der Waals surface area contributed by atoms with Crippen LogP contribution < -0.4 is 10.2 Å². The first-order chi connectivity index (χ1) is 12.7. The zero-order chi connectivity index (χ0) is 18.4. The van der Waals surface area contributed by atoms with Crippen molar-refractivity contribution in [3.63, 3.8) is 0 Å². The molecule has 1 fully saturated rings. The molecular formula is C19H28N6O. The lowest BCUT2D eigenvalue weighted by Crippen LogP contribution is -2.38. The van der Waals surface area contributed by atoms with Gasteiger partial charge in [0.15, 0.2) is 11.8 Å². The van der Waals surface area contributed by atoms with E-state index in [1.165, 1.54) is 43.6 Å². The number of guanidine groups is 1. The molecule has 1 saturated heterocycles. The Hall–Kier alpha value is -2.57. The molecule has 1 aliphatic rings. The van der Waals surface area contributed by atoms with Gasteiger partial charge in [-0.3, -0.25) is 4.99 Å². The Bertz CT molecular complexity index is 718. The number of nitrogens with zero attached hydrogens (tertiary/aromatic N) is 5. The maximum atomic E-state index is 4.99. The number of aryl methyl sites for hydroxylation is 1. The first kappa shape index (κ1) is 18.2. The zero-order valence-electron chi connectivity index (χ0n) is 15.9. The van der Waals surface area contributed by atoms with Gasteiger partial charge in [-0.25, -0.2) is 0 Å². The van der Waals surface area contributed by atoms with Crippen LogP contribution in [0.1, 0.15) is 36.5 Å². The van der Waals surface area contributed by atoms with Crippen LogP contribution in [-0.4, -0.2) is 48.2 Å². The monoisotopic (exact) mass is 356 g/mol. The van der Waals surface area contributed by atoms with Crippen LogP contribution in [0.25, 0.3) is 0 Å². The van der Waals surface area contributed by atoms with Crippen LogP contribution in [0, 0.1) is 6.92 Å². The Morgan fingerprint density at radius 1 is 1.23 bits per heavy atom. The van der Waals surface area contributed by atoms with Gasteiger partial charge in [-0.15, -0.1) is 0 Å². The van der Waals surface area contributed by atoms with Gasteiger partial charge in [-0.2, -0.15) is 4.98 Å². The molecule has 26 heavy (non-hydrogen) atoms. The highest BCUT2D eigenvalue weighted by Crippen LogP contribution is 2.20. The first-order valence-corrected chi connectivity index (χ1v) is 9.20. The summed E-state index contributed by atoms with van der Waals surface area (Å²) < 4.78 is 4.99. The zero-order valence-corrected chi connectivity index (χ0v) is 15.9. The molecule has 1 N–H and O–H groups in total. The minimum atomic E-state index is 0.488. The molecule has 2 heterocycles. The summed E-state index contributed by atoms with van der Waals surface area (Å²) in [5, 5.41) is 7.16. The second-order valence-corrected chi connectivity index (χ2v) is 6.70. The highest BCUT2D eigenvalue weighted by atomic mass is 16.5. The minimum absolute atomic E-state index is 0.488. The molecule has 0 atom stereocenters. The van der Waals surface area contributed by atoms with Crippen molar-refractivity contribution in [3.8, 4) is 0 Å². The van der Waals surface area contributed by atoms with Crippen molar-refractivity contribution in [1.29, 1.82) is 0 Å². The van der Waals surface area contributed by atoms with Gasteiger partial charge in [-0.05, 0) is 37.0 Å². The summed E-state index contributed by atoms with van der Waals surface area (Å²) in [6.45, 7) is 5.40.